The number of hydrogen-bond donors (Lipinski definition) is 0. The summed E-state index contributed by atoms with van der Waals surface area (Å²) in [5.41, 5.74) is 1.81. The monoisotopic (exact) mass is 292 g/mol. The van der Waals surface area contributed by atoms with E-state index in [-0.39, 0.29) is 23.8 Å². The largest absolute Gasteiger partial charge is 0.300 e. The van der Waals surface area contributed by atoms with Gasteiger partial charge in [0.05, 0.1) is 5.92 Å². The minimum Gasteiger partial charge on any atom is -0.300 e. The highest BCUT2D eigenvalue weighted by atomic mass is 16.2. The molecule has 0 saturated heterocycles. The van der Waals surface area contributed by atoms with Crippen LogP contribution in [0.3, 0.4) is 0 Å². The normalized spacial score (nSPS) is 15.7. The van der Waals surface area contributed by atoms with Crippen molar-refractivity contribution in [1.29, 1.82) is 0 Å². The van der Waals surface area contributed by atoms with Crippen molar-refractivity contribution in [3.8, 4) is 0 Å². The van der Waals surface area contributed by atoms with Crippen molar-refractivity contribution in [1.82, 2.24) is 0 Å². The van der Waals surface area contributed by atoms with E-state index in [0.717, 1.165) is 5.56 Å². The van der Waals surface area contributed by atoms with E-state index in [4.69, 9.17) is 0 Å². The van der Waals surface area contributed by atoms with E-state index >= 15 is 0 Å². The van der Waals surface area contributed by atoms with E-state index in [1.54, 1.807) is 24.3 Å². The van der Waals surface area contributed by atoms with Crippen molar-refractivity contribution in [3.63, 3.8) is 0 Å². The number of fused-ring (bicyclic) bond motifs is 1. The molecule has 0 heterocycles. The lowest BCUT2D eigenvalue weighted by Crippen LogP contribution is -2.25. The van der Waals surface area contributed by atoms with Gasteiger partial charge >= 0.3 is 0 Å². The Labute approximate surface area is 129 Å². The Hall–Kier alpha value is -2.55. The van der Waals surface area contributed by atoms with Crippen molar-refractivity contribution in [2.75, 3.05) is 0 Å². The zero-order valence-electron chi connectivity index (χ0n) is 12.3. The third-order valence-electron chi connectivity index (χ3n) is 4.16. The molecule has 3 rings (SSSR count). The first-order valence-corrected chi connectivity index (χ1v) is 7.31. The molecule has 0 aromatic heterocycles. The van der Waals surface area contributed by atoms with E-state index in [0.29, 0.717) is 11.1 Å². The van der Waals surface area contributed by atoms with Gasteiger partial charge in [-0.3, -0.25) is 9.59 Å². The molecule has 3 nitrogen and oxygen atoms in total. The van der Waals surface area contributed by atoms with Gasteiger partial charge in [0.15, 0.2) is 11.6 Å². The molecule has 1 atom stereocenters. The van der Waals surface area contributed by atoms with Crippen LogP contribution in [0, 0.1) is 5.92 Å². The zero-order valence-corrected chi connectivity index (χ0v) is 12.3. The van der Waals surface area contributed by atoms with Crippen molar-refractivity contribution in [2.45, 2.75) is 19.3 Å². The second kappa shape index (κ2) is 5.68. The summed E-state index contributed by atoms with van der Waals surface area (Å²) in [5.74, 6) is -1.55. The number of benzene rings is 2. The minimum atomic E-state index is -0.788. The maximum Gasteiger partial charge on any atom is 0.175 e. The fourth-order valence-corrected chi connectivity index (χ4v) is 3.17. The van der Waals surface area contributed by atoms with Gasteiger partial charge in [0.1, 0.15) is 5.78 Å². The SMILES string of the molecule is CC(=O)CC(c1ccccc1)C1C(=O)c2ccccc2C1=O. The number of Topliss-reactive ketones (excluding diaryl/α,β-unsaturated/α-hetero) is 3. The Morgan fingerprint density at radius 3 is 1.91 bits per heavy atom. The molecule has 1 unspecified atom stereocenters. The molecule has 110 valence electrons. The smallest absolute Gasteiger partial charge is 0.175 e. The van der Waals surface area contributed by atoms with Crippen molar-refractivity contribution < 1.29 is 14.4 Å². The topological polar surface area (TPSA) is 51.2 Å². The van der Waals surface area contributed by atoms with E-state index in [2.05, 4.69) is 0 Å². The summed E-state index contributed by atoms with van der Waals surface area (Å²) in [4.78, 5) is 37.0. The predicted octanol–water partition coefficient (Wildman–Crippen LogP) is 3.44. The Balaban J connectivity index is 2.05. The van der Waals surface area contributed by atoms with Crippen LogP contribution in [-0.2, 0) is 4.79 Å². The van der Waals surface area contributed by atoms with E-state index in [1.165, 1.54) is 6.92 Å². The molecular formula is C19H16O3. The molecule has 0 amide bonds. The predicted molar refractivity (Wildman–Crippen MR) is 83.1 cm³/mol. The van der Waals surface area contributed by atoms with E-state index < -0.39 is 11.8 Å². The van der Waals surface area contributed by atoms with Gasteiger partial charge in [0, 0.05) is 23.5 Å². The fraction of sp³-hybridized carbons (Fsp3) is 0.211. The van der Waals surface area contributed by atoms with Crippen LogP contribution in [0.2, 0.25) is 0 Å². The summed E-state index contributed by atoms with van der Waals surface area (Å²) in [6.07, 6.45) is 0.195. The van der Waals surface area contributed by atoms with E-state index in [9.17, 15) is 14.4 Å². The molecule has 0 saturated carbocycles. The molecule has 1 aliphatic carbocycles. The van der Waals surface area contributed by atoms with Gasteiger partial charge < -0.3 is 4.79 Å². The molecule has 0 radical (unpaired) electrons. The standard InChI is InChI=1S/C19H16O3/c1-12(20)11-16(13-7-3-2-4-8-13)17-18(21)14-9-5-6-10-15(14)19(17)22/h2-10,16-17H,11H2,1H3. The Bertz CT molecular complexity index is 711. The number of carbonyl (C=O) groups is 3. The lowest BCUT2D eigenvalue weighted by molar-refractivity contribution is -0.117. The Morgan fingerprint density at radius 2 is 1.41 bits per heavy atom. The second-order valence-corrected chi connectivity index (χ2v) is 5.68. The molecule has 3 heteroatoms. The van der Waals surface area contributed by atoms with Gasteiger partial charge in [-0.25, -0.2) is 0 Å². The van der Waals surface area contributed by atoms with Gasteiger partial charge in [0.2, 0.25) is 0 Å². The van der Waals surface area contributed by atoms with Crippen LogP contribution >= 0.6 is 0 Å². The fourth-order valence-electron chi connectivity index (χ4n) is 3.17. The third kappa shape index (κ3) is 2.39. The number of ketones is 3. The van der Waals surface area contributed by atoms with Crippen LogP contribution in [0.25, 0.3) is 0 Å². The molecule has 0 bridgehead atoms. The van der Waals surface area contributed by atoms with Crippen molar-refractivity contribution in [3.05, 3.63) is 71.3 Å². The third-order valence-corrected chi connectivity index (χ3v) is 4.16. The summed E-state index contributed by atoms with van der Waals surface area (Å²) in [6.45, 7) is 1.49. The van der Waals surface area contributed by atoms with Gasteiger partial charge in [-0.1, -0.05) is 54.6 Å². The van der Waals surface area contributed by atoms with Crippen LogP contribution in [0.15, 0.2) is 54.6 Å². The summed E-state index contributed by atoms with van der Waals surface area (Å²) >= 11 is 0. The molecule has 2 aromatic carbocycles. The first-order valence-electron chi connectivity index (χ1n) is 7.31. The number of rotatable bonds is 4. The lowest BCUT2D eigenvalue weighted by atomic mass is 9.80. The highest BCUT2D eigenvalue weighted by molar-refractivity contribution is 6.27. The highest BCUT2D eigenvalue weighted by Gasteiger charge is 2.43. The molecule has 1 aliphatic rings. The van der Waals surface area contributed by atoms with Gasteiger partial charge in [0.25, 0.3) is 0 Å². The molecule has 0 N–H and O–H groups in total. The summed E-state index contributed by atoms with van der Waals surface area (Å²) in [5, 5.41) is 0. The van der Waals surface area contributed by atoms with Crippen molar-refractivity contribution >= 4 is 17.3 Å². The van der Waals surface area contributed by atoms with E-state index in [1.807, 2.05) is 30.3 Å². The van der Waals surface area contributed by atoms with Crippen molar-refractivity contribution in [2.24, 2.45) is 5.92 Å². The highest BCUT2D eigenvalue weighted by Crippen LogP contribution is 2.38. The first-order chi connectivity index (χ1) is 10.6. The van der Waals surface area contributed by atoms with Crippen LogP contribution in [0.1, 0.15) is 45.5 Å². The average molecular weight is 292 g/mol. The molecule has 0 spiro atoms. The molecule has 0 aliphatic heterocycles. The maximum absolute atomic E-state index is 12.7. The number of carbonyl (C=O) groups excluding carboxylic acids is 3. The van der Waals surface area contributed by atoms with Crippen LogP contribution in [0.4, 0.5) is 0 Å². The van der Waals surface area contributed by atoms with Gasteiger partial charge in [-0.05, 0) is 12.5 Å². The summed E-state index contributed by atoms with van der Waals surface area (Å²) in [6, 6.07) is 16.2. The van der Waals surface area contributed by atoms with Crippen LogP contribution in [-0.4, -0.2) is 17.3 Å². The Kier molecular flexibility index (Phi) is 3.72. The average Bonchev–Trinajstić information content (AvgIpc) is 2.78. The molecular weight excluding hydrogens is 276 g/mol. The quantitative estimate of drug-likeness (QED) is 0.811. The Morgan fingerprint density at radius 1 is 0.909 bits per heavy atom. The molecule has 0 fully saturated rings. The minimum absolute atomic E-state index is 0.0228. The van der Waals surface area contributed by atoms with Gasteiger partial charge in [-0.15, -0.1) is 0 Å². The molecule has 22 heavy (non-hydrogen) atoms. The maximum atomic E-state index is 12.7. The summed E-state index contributed by atoms with van der Waals surface area (Å²) in [7, 11) is 0. The van der Waals surface area contributed by atoms with Gasteiger partial charge in [-0.2, -0.15) is 0 Å². The molecule has 2 aromatic rings. The second-order valence-electron chi connectivity index (χ2n) is 5.68. The lowest BCUT2D eigenvalue weighted by Gasteiger charge is -2.20. The van der Waals surface area contributed by atoms with Crippen LogP contribution in [0.5, 0.6) is 0 Å². The number of hydrogen-bond acceptors (Lipinski definition) is 3. The zero-order chi connectivity index (χ0) is 15.7. The summed E-state index contributed by atoms with van der Waals surface area (Å²) < 4.78 is 0. The van der Waals surface area contributed by atoms with Crippen LogP contribution < -0.4 is 0 Å². The first kappa shape index (κ1) is 14.4.